The molecule has 5 heteroatoms. The number of pyridine rings is 1. The molecule has 88 valence electrons. The number of aromatic nitrogens is 1. The summed E-state index contributed by atoms with van der Waals surface area (Å²) in [5.74, 6) is 0. The molecule has 1 heterocycles. The van der Waals surface area contributed by atoms with Crippen molar-refractivity contribution in [2.75, 3.05) is 0 Å². The van der Waals surface area contributed by atoms with E-state index in [2.05, 4.69) is 4.98 Å². The van der Waals surface area contributed by atoms with Gasteiger partial charge in [0.15, 0.2) is 0 Å². The fourth-order valence-electron chi connectivity index (χ4n) is 1.60. The maximum absolute atomic E-state index is 11.1. The molecule has 2 nitrogen and oxygen atoms in total. The van der Waals surface area contributed by atoms with E-state index in [4.69, 9.17) is 34.8 Å². The third-order valence-corrected chi connectivity index (χ3v) is 3.75. The highest BCUT2D eigenvalue weighted by Crippen LogP contribution is 2.38. The Morgan fingerprint density at radius 2 is 1.76 bits per heavy atom. The van der Waals surface area contributed by atoms with Crippen molar-refractivity contribution < 1.29 is 0 Å². The average molecular weight is 289 g/mol. The fraction of sp³-hybridized carbons (Fsp3) is 0.0833. The Labute approximate surface area is 113 Å². The number of halogens is 3. The molecule has 1 aromatic heterocycles. The Hall–Kier alpha value is -0.960. The van der Waals surface area contributed by atoms with Gasteiger partial charge in [-0.15, -0.1) is 0 Å². The lowest BCUT2D eigenvalue weighted by Gasteiger charge is -2.09. The normalized spacial score (nSPS) is 10.6. The van der Waals surface area contributed by atoms with E-state index in [-0.39, 0.29) is 5.56 Å². The van der Waals surface area contributed by atoms with E-state index < -0.39 is 0 Å². The maximum Gasteiger partial charge on any atom is 0.248 e. The highest BCUT2D eigenvalue weighted by atomic mass is 35.5. The number of nitrogens with one attached hydrogen (secondary N) is 1. The van der Waals surface area contributed by atoms with Gasteiger partial charge in [-0.25, -0.2) is 0 Å². The zero-order valence-electron chi connectivity index (χ0n) is 8.85. The number of H-pyrrole nitrogens is 1. The van der Waals surface area contributed by atoms with Crippen molar-refractivity contribution in [3.8, 4) is 11.1 Å². The molecule has 0 aliphatic carbocycles. The monoisotopic (exact) mass is 287 g/mol. The van der Waals surface area contributed by atoms with Crippen LogP contribution >= 0.6 is 34.8 Å². The smallest absolute Gasteiger partial charge is 0.248 e. The van der Waals surface area contributed by atoms with Crippen LogP contribution in [0.15, 0.2) is 29.2 Å². The second-order valence-electron chi connectivity index (χ2n) is 3.62. The summed E-state index contributed by atoms with van der Waals surface area (Å²) in [6, 6.07) is 4.96. The topological polar surface area (TPSA) is 32.9 Å². The van der Waals surface area contributed by atoms with Crippen LogP contribution in [-0.4, -0.2) is 4.98 Å². The van der Waals surface area contributed by atoms with Gasteiger partial charge < -0.3 is 4.98 Å². The molecule has 0 aliphatic heterocycles. The van der Waals surface area contributed by atoms with Crippen LogP contribution in [0.5, 0.6) is 0 Å². The van der Waals surface area contributed by atoms with Crippen LogP contribution in [0.25, 0.3) is 11.1 Å². The van der Waals surface area contributed by atoms with Crippen molar-refractivity contribution in [2.24, 2.45) is 0 Å². The number of aryl methyl sites for hydroxylation is 1. The van der Waals surface area contributed by atoms with Crippen LogP contribution in [0.4, 0.5) is 0 Å². The van der Waals surface area contributed by atoms with Crippen molar-refractivity contribution in [2.45, 2.75) is 6.92 Å². The molecule has 1 N–H and O–H groups in total. The van der Waals surface area contributed by atoms with Gasteiger partial charge >= 0.3 is 0 Å². The first-order valence-electron chi connectivity index (χ1n) is 4.84. The van der Waals surface area contributed by atoms with Gasteiger partial charge in [-0.05, 0) is 18.6 Å². The van der Waals surface area contributed by atoms with E-state index in [9.17, 15) is 4.79 Å². The van der Waals surface area contributed by atoms with E-state index >= 15 is 0 Å². The zero-order valence-corrected chi connectivity index (χ0v) is 11.1. The molecule has 0 unspecified atom stereocenters. The van der Waals surface area contributed by atoms with Crippen LogP contribution in [0.2, 0.25) is 15.1 Å². The predicted octanol–water partition coefficient (Wildman–Crippen LogP) is 4.31. The highest BCUT2D eigenvalue weighted by Gasteiger charge is 2.12. The van der Waals surface area contributed by atoms with Gasteiger partial charge in [0.25, 0.3) is 0 Å². The minimum absolute atomic E-state index is 0.151. The predicted molar refractivity (Wildman–Crippen MR) is 72.3 cm³/mol. The first-order chi connectivity index (χ1) is 8.00. The summed E-state index contributed by atoms with van der Waals surface area (Å²) in [5.41, 5.74) is 2.25. The standard InChI is InChI=1S/C12H8Cl3NO/c1-6-4-10(17)16-5-8(6)7-2-3-9(13)12(15)11(7)14/h2-5H,1H3,(H,16,17). The SMILES string of the molecule is Cc1cc(=O)[nH]cc1-c1ccc(Cl)c(Cl)c1Cl. The summed E-state index contributed by atoms with van der Waals surface area (Å²) in [7, 11) is 0. The molecular formula is C12H8Cl3NO. The van der Waals surface area contributed by atoms with E-state index in [1.54, 1.807) is 18.3 Å². The lowest BCUT2D eigenvalue weighted by Crippen LogP contribution is -2.04. The number of benzene rings is 1. The van der Waals surface area contributed by atoms with Gasteiger partial charge in [0.1, 0.15) is 0 Å². The second-order valence-corrected chi connectivity index (χ2v) is 4.78. The number of aromatic amines is 1. The van der Waals surface area contributed by atoms with E-state index in [1.807, 2.05) is 6.92 Å². The van der Waals surface area contributed by atoms with Gasteiger partial charge in [-0.3, -0.25) is 4.79 Å². The molecule has 2 aromatic rings. The summed E-state index contributed by atoms with van der Waals surface area (Å²) in [6.45, 7) is 1.84. The van der Waals surface area contributed by atoms with Gasteiger partial charge in [0, 0.05) is 23.4 Å². The lowest BCUT2D eigenvalue weighted by molar-refractivity contribution is 1.21. The molecule has 0 aliphatic rings. The van der Waals surface area contributed by atoms with Crippen LogP contribution < -0.4 is 5.56 Å². The molecular weight excluding hydrogens is 280 g/mol. The van der Waals surface area contributed by atoms with Gasteiger partial charge in [0.2, 0.25) is 5.56 Å². The van der Waals surface area contributed by atoms with Crippen molar-refractivity contribution >= 4 is 34.8 Å². The molecule has 0 saturated carbocycles. The summed E-state index contributed by atoms with van der Waals surface area (Å²) in [6.07, 6.45) is 1.61. The average Bonchev–Trinajstić information content (AvgIpc) is 2.28. The van der Waals surface area contributed by atoms with E-state index in [0.29, 0.717) is 15.1 Å². The Balaban J connectivity index is 2.69. The second kappa shape index (κ2) is 4.73. The molecule has 0 amide bonds. The summed E-state index contributed by atoms with van der Waals surface area (Å²) in [5, 5.41) is 1.10. The molecule has 1 aromatic carbocycles. The first kappa shape index (κ1) is 12.5. The molecule has 0 spiro atoms. The van der Waals surface area contributed by atoms with Crippen LogP contribution in [-0.2, 0) is 0 Å². The fourth-order valence-corrected chi connectivity index (χ4v) is 2.23. The summed E-state index contributed by atoms with van der Waals surface area (Å²) < 4.78 is 0. The quantitative estimate of drug-likeness (QED) is 0.779. The molecule has 0 saturated heterocycles. The third kappa shape index (κ3) is 2.34. The minimum Gasteiger partial charge on any atom is -0.328 e. The van der Waals surface area contributed by atoms with E-state index in [1.165, 1.54) is 6.07 Å². The molecule has 0 atom stereocenters. The molecule has 0 radical (unpaired) electrons. The molecule has 17 heavy (non-hydrogen) atoms. The van der Waals surface area contributed by atoms with Crippen LogP contribution in [0.1, 0.15) is 5.56 Å². The third-order valence-electron chi connectivity index (χ3n) is 2.46. The Morgan fingerprint density at radius 1 is 1.06 bits per heavy atom. The molecule has 0 bridgehead atoms. The number of rotatable bonds is 1. The lowest BCUT2D eigenvalue weighted by atomic mass is 10.0. The first-order valence-corrected chi connectivity index (χ1v) is 5.97. The Bertz CT molecular complexity index is 634. The highest BCUT2D eigenvalue weighted by molar-refractivity contribution is 6.49. The van der Waals surface area contributed by atoms with Gasteiger partial charge in [-0.1, -0.05) is 40.9 Å². The number of hydrogen-bond acceptors (Lipinski definition) is 1. The molecule has 2 rings (SSSR count). The minimum atomic E-state index is -0.151. The van der Waals surface area contributed by atoms with Crippen molar-refractivity contribution in [3.63, 3.8) is 0 Å². The summed E-state index contributed by atoms with van der Waals surface area (Å²) >= 11 is 18.0. The Kier molecular flexibility index (Phi) is 3.48. The van der Waals surface area contributed by atoms with Crippen molar-refractivity contribution in [3.05, 3.63) is 55.4 Å². The van der Waals surface area contributed by atoms with Gasteiger partial charge in [-0.2, -0.15) is 0 Å². The molecule has 0 fully saturated rings. The van der Waals surface area contributed by atoms with E-state index in [0.717, 1.165) is 16.7 Å². The Morgan fingerprint density at radius 3 is 2.41 bits per heavy atom. The van der Waals surface area contributed by atoms with Crippen molar-refractivity contribution in [1.82, 2.24) is 4.98 Å². The maximum atomic E-state index is 11.1. The summed E-state index contributed by atoms with van der Waals surface area (Å²) in [4.78, 5) is 13.8. The zero-order chi connectivity index (χ0) is 12.6. The largest absolute Gasteiger partial charge is 0.328 e. The van der Waals surface area contributed by atoms with Crippen LogP contribution in [0.3, 0.4) is 0 Å². The van der Waals surface area contributed by atoms with Gasteiger partial charge in [0.05, 0.1) is 15.1 Å². The van der Waals surface area contributed by atoms with Crippen LogP contribution in [0, 0.1) is 6.92 Å². The van der Waals surface area contributed by atoms with Crippen molar-refractivity contribution in [1.29, 1.82) is 0 Å². The number of hydrogen-bond donors (Lipinski definition) is 1.